The van der Waals surface area contributed by atoms with Crippen LogP contribution in [0.15, 0.2) is 36.5 Å². The van der Waals surface area contributed by atoms with Gasteiger partial charge in [0.1, 0.15) is 0 Å². The largest absolute Gasteiger partial charge is 0.378 e. The summed E-state index contributed by atoms with van der Waals surface area (Å²) < 4.78 is 5.36. The Kier molecular flexibility index (Phi) is 6.45. The summed E-state index contributed by atoms with van der Waals surface area (Å²) >= 11 is 5.81. The van der Waals surface area contributed by atoms with Gasteiger partial charge in [-0.15, -0.1) is 5.10 Å². The lowest BCUT2D eigenvalue weighted by Crippen LogP contribution is -2.36. The van der Waals surface area contributed by atoms with Gasteiger partial charge in [0.25, 0.3) is 0 Å². The second kappa shape index (κ2) is 9.21. The summed E-state index contributed by atoms with van der Waals surface area (Å²) in [6.45, 7) is 4.11. The van der Waals surface area contributed by atoms with E-state index < -0.39 is 0 Å². The number of ether oxygens (including phenoxy) is 1. The molecule has 0 unspecified atom stereocenters. The molecule has 0 saturated carbocycles. The molecule has 9 heteroatoms. The van der Waals surface area contributed by atoms with Crippen molar-refractivity contribution >= 4 is 34.8 Å². The Morgan fingerprint density at radius 2 is 1.96 bits per heavy atom. The van der Waals surface area contributed by atoms with E-state index in [-0.39, 0.29) is 6.03 Å². The van der Waals surface area contributed by atoms with Crippen LogP contribution < -0.4 is 20.9 Å². The molecule has 3 N–H and O–H groups in total. The molecule has 1 aliphatic heterocycles. The van der Waals surface area contributed by atoms with Crippen molar-refractivity contribution in [2.75, 3.05) is 54.9 Å². The summed E-state index contributed by atoms with van der Waals surface area (Å²) in [5, 5.41) is 17.4. The molecule has 1 aromatic carbocycles. The molecule has 0 atom stereocenters. The number of hydrogen-bond donors (Lipinski definition) is 3. The predicted molar refractivity (Wildman–Crippen MR) is 102 cm³/mol. The Morgan fingerprint density at radius 1 is 1.19 bits per heavy atom. The number of nitrogens with zero attached hydrogens (tertiary/aromatic N) is 3. The number of halogens is 1. The van der Waals surface area contributed by atoms with E-state index in [2.05, 4.69) is 31.0 Å². The van der Waals surface area contributed by atoms with Crippen LogP contribution in [-0.4, -0.2) is 55.6 Å². The molecule has 0 spiro atoms. The van der Waals surface area contributed by atoms with Crippen molar-refractivity contribution in [3.05, 3.63) is 41.6 Å². The number of urea groups is 1. The van der Waals surface area contributed by atoms with E-state index in [1.54, 1.807) is 30.5 Å². The minimum Gasteiger partial charge on any atom is -0.378 e. The number of rotatable bonds is 6. The van der Waals surface area contributed by atoms with Crippen LogP contribution in [0.4, 0.5) is 22.0 Å². The lowest BCUT2D eigenvalue weighted by Gasteiger charge is -2.28. The zero-order valence-corrected chi connectivity index (χ0v) is 15.0. The summed E-state index contributed by atoms with van der Waals surface area (Å²) in [5.41, 5.74) is 1.70. The van der Waals surface area contributed by atoms with Gasteiger partial charge in [-0.1, -0.05) is 11.6 Å². The van der Waals surface area contributed by atoms with Crippen molar-refractivity contribution in [3.63, 3.8) is 0 Å². The molecule has 138 valence electrons. The summed E-state index contributed by atoms with van der Waals surface area (Å²) in [7, 11) is 0. The molecular formula is C17H21ClN6O2. The van der Waals surface area contributed by atoms with Crippen LogP contribution in [0, 0.1) is 0 Å². The van der Waals surface area contributed by atoms with Crippen molar-refractivity contribution in [2.45, 2.75) is 0 Å². The van der Waals surface area contributed by atoms with Crippen LogP contribution >= 0.6 is 11.6 Å². The second-order valence-corrected chi connectivity index (χ2v) is 6.15. The third-order valence-electron chi connectivity index (χ3n) is 3.84. The molecular weight excluding hydrogens is 356 g/mol. The Hall–Kier alpha value is -2.58. The van der Waals surface area contributed by atoms with Gasteiger partial charge in [-0.05, 0) is 24.3 Å². The minimum absolute atomic E-state index is 0.276. The van der Waals surface area contributed by atoms with Gasteiger partial charge >= 0.3 is 6.03 Å². The number of anilines is 3. The number of hydrogen-bond acceptors (Lipinski definition) is 6. The summed E-state index contributed by atoms with van der Waals surface area (Å²) in [6, 6.07) is 8.60. The van der Waals surface area contributed by atoms with Gasteiger partial charge in [0.05, 0.1) is 25.1 Å². The number of morpholine rings is 1. The topological polar surface area (TPSA) is 91.4 Å². The lowest BCUT2D eigenvalue weighted by molar-refractivity contribution is 0.122. The van der Waals surface area contributed by atoms with Gasteiger partial charge in [-0.25, -0.2) is 4.79 Å². The standard InChI is InChI=1S/C17H21ClN6O2/c18-13-1-3-14(4-2-13)22-17(25)20-6-5-19-16-11-15(12-21-23-16)24-7-9-26-10-8-24/h1-4,11-12H,5-10H2,(H,19,23)(H2,20,22,25). The first kappa shape index (κ1) is 18.2. The number of carbonyl (C=O) groups is 1. The first-order chi connectivity index (χ1) is 12.7. The van der Waals surface area contributed by atoms with Crippen LogP contribution in [-0.2, 0) is 4.74 Å². The Bertz CT molecular complexity index is 721. The van der Waals surface area contributed by atoms with Crippen molar-refractivity contribution in [1.29, 1.82) is 0 Å². The van der Waals surface area contributed by atoms with E-state index in [0.29, 0.717) is 29.6 Å². The maximum absolute atomic E-state index is 11.8. The SMILES string of the molecule is O=C(NCCNc1cc(N2CCOCC2)cnn1)Nc1ccc(Cl)cc1. The molecule has 1 saturated heterocycles. The van der Waals surface area contributed by atoms with Crippen molar-refractivity contribution < 1.29 is 9.53 Å². The monoisotopic (exact) mass is 376 g/mol. The zero-order chi connectivity index (χ0) is 18.2. The van der Waals surface area contributed by atoms with Crippen molar-refractivity contribution in [3.8, 4) is 0 Å². The van der Waals surface area contributed by atoms with E-state index in [0.717, 1.165) is 32.0 Å². The molecule has 2 amide bonds. The summed E-state index contributed by atoms with van der Waals surface area (Å²) in [4.78, 5) is 14.0. The quantitative estimate of drug-likeness (QED) is 0.669. The van der Waals surface area contributed by atoms with Gasteiger partial charge in [0.2, 0.25) is 0 Å². The van der Waals surface area contributed by atoms with Crippen LogP contribution in [0.3, 0.4) is 0 Å². The normalized spacial score (nSPS) is 14.0. The number of benzene rings is 1. The predicted octanol–water partition coefficient (Wildman–Crippen LogP) is 2.20. The Labute approximate surface area is 156 Å². The molecule has 8 nitrogen and oxygen atoms in total. The van der Waals surface area contributed by atoms with E-state index in [4.69, 9.17) is 16.3 Å². The summed E-state index contributed by atoms with van der Waals surface area (Å²) in [6.07, 6.45) is 1.74. The molecule has 1 fully saturated rings. The maximum Gasteiger partial charge on any atom is 0.319 e. The lowest BCUT2D eigenvalue weighted by atomic mass is 10.3. The van der Waals surface area contributed by atoms with Crippen molar-refractivity contribution in [2.24, 2.45) is 0 Å². The van der Waals surface area contributed by atoms with Gasteiger partial charge < -0.3 is 25.6 Å². The highest BCUT2D eigenvalue weighted by Crippen LogP contribution is 2.17. The van der Waals surface area contributed by atoms with E-state index in [1.165, 1.54) is 0 Å². The molecule has 0 aliphatic carbocycles. The van der Waals surface area contributed by atoms with Gasteiger partial charge in [-0.2, -0.15) is 5.10 Å². The third kappa shape index (κ3) is 5.47. The average Bonchev–Trinajstić information content (AvgIpc) is 2.68. The Balaban J connectivity index is 1.40. The number of aromatic nitrogens is 2. The zero-order valence-electron chi connectivity index (χ0n) is 14.2. The fraction of sp³-hybridized carbons (Fsp3) is 0.353. The highest BCUT2D eigenvalue weighted by atomic mass is 35.5. The number of amides is 2. The molecule has 2 aromatic rings. The highest BCUT2D eigenvalue weighted by molar-refractivity contribution is 6.30. The van der Waals surface area contributed by atoms with Gasteiger partial charge in [-0.3, -0.25) is 0 Å². The fourth-order valence-corrected chi connectivity index (χ4v) is 2.64. The fourth-order valence-electron chi connectivity index (χ4n) is 2.51. The second-order valence-electron chi connectivity index (χ2n) is 5.71. The van der Waals surface area contributed by atoms with Crippen LogP contribution in [0.2, 0.25) is 5.02 Å². The third-order valence-corrected chi connectivity index (χ3v) is 4.09. The molecule has 2 heterocycles. The molecule has 0 bridgehead atoms. The van der Waals surface area contributed by atoms with Crippen LogP contribution in [0.1, 0.15) is 0 Å². The minimum atomic E-state index is -0.276. The van der Waals surface area contributed by atoms with Crippen LogP contribution in [0.25, 0.3) is 0 Å². The first-order valence-electron chi connectivity index (χ1n) is 8.40. The van der Waals surface area contributed by atoms with Gasteiger partial charge in [0.15, 0.2) is 5.82 Å². The molecule has 3 rings (SSSR count). The smallest absolute Gasteiger partial charge is 0.319 e. The van der Waals surface area contributed by atoms with Crippen molar-refractivity contribution in [1.82, 2.24) is 15.5 Å². The van der Waals surface area contributed by atoms with Gasteiger partial charge in [0, 0.05) is 43.0 Å². The number of nitrogens with one attached hydrogen (secondary N) is 3. The highest BCUT2D eigenvalue weighted by Gasteiger charge is 2.12. The molecule has 0 radical (unpaired) electrons. The summed E-state index contributed by atoms with van der Waals surface area (Å²) in [5.74, 6) is 0.675. The molecule has 1 aliphatic rings. The number of carbonyl (C=O) groups excluding carboxylic acids is 1. The average molecular weight is 377 g/mol. The first-order valence-corrected chi connectivity index (χ1v) is 8.78. The Morgan fingerprint density at radius 3 is 2.73 bits per heavy atom. The molecule has 1 aromatic heterocycles. The molecule has 26 heavy (non-hydrogen) atoms. The van der Waals surface area contributed by atoms with E-state index in [1.807, 2.05) is 6.07 Å². The van der Waals surface area contributed by atoms with Crippen LogP contribution in [0.5, 0.6) is 0 Å². The van der Waals surface area contributed by atoms with E-state index >= 15 is 0 Å². The maximum atomic E-state index is 11.8. The van der Waals surface area contributed by atoms with E-state index in [9.17, 15) is 4.79 Å².